The Labute approximate surface area is 154 Å². The number of hydrogen-bond acceptors (Lipinski definition) is 5. The van der Waals surface area contributed by atoms with E-state index >= 15 is 4.39 Å². The molecule has 9 heteroatoms. The maximum absolute atomic E-state index is 15.2. The molecule has 3 aromatic rings. The lowest BCUT2D eigenvalue weighted by Crippen LogP contribution is -2.50. The molecule has 3 atom stereocenters. The Bertz CT molecular complexity index is 1010. The van der Waals surface area contributed by atoms with E-state index in [0.717, 1.165) is 11.3 Å². The normalized spacial score (nSPS) is 27.9. The summed E-state index contributed by atoms with van der Waals surface area (Å²) in [6.07, 6.45) is 5.50. The molecule has 1 saturated carbocycles. The van der Waals surface area contributed by atoms with E-state index in [9.17, 15) is 9.90 Å². The fourth-order valence-corrected chi connectivity index (χ4v) is 3.66. The van der Waals surface area contributed by atoms with Crippen LogP contribution in [0, 0.1) is 0 Å². The number of hydrogen-bond donors (Lipinski definition) is 4. The van der Waals surface area contributed by atoms with Gasteiger partial charge in [0.2, 0.25) is 0 Å². The molecule has 3 aromatic heterocycles. The Hall–Kier alpha value is -2.94. The molecule has 5 N–H and O–H groups in total. The number of nitrogens with two attached hydrogens (primary N) is 1. The van der Waals surface area contributed by atoms with Gasteiger partial charge in [-0.05, 0) is 38.8 Å². The molecule has 0 aliphatic heterocycles. The first-order chi connectivity index (χ1) is 12.7. The van der Waals surface area contributed by atoms with Crippen LogP contribution in [0.5, 0.6) is 0 Å². The van der Waals surface area contributed by atoms with Crippen LogP contribution in [0.3, 0.4) is 0 Å². The number of alkyl halides is 1. The van der Waals surface area contributed by atoms with E-state index < -0.39 is 23.2 Å². The van der Waals surface area contributed by atoms with Crippen molar-refractivity contribution in [2.75, 3.05) is 5.32 Å². The Balaban J connectivity index is 1.82. The average molecular weight is 372 g/mol. The van der Waals surface area contributed by atoms with Crippen LogP contribution in [0.1, 0.15) is 37.0 Å². The fraction of sp³-hybridized carbons (Fsp3) is 0.389. The predicted octanol–water partition coefficient (Wildman–Crippen LogP) is 1.88. The van der Waals surface area contributed by atoms with E-state index in [1.807, 2.05) is 12.1 Å². The summed E-state index contributed by atoms with van der Waals surface area (Å²) in [6.45, 7) is 2.85. The van der Waals surface area contributed by atoms with E-state index in [-0.39, 0.29) is 5.56 Å². The van der Waals surface area contributed by atoms with Crippen LogP contribution in [-0.2, 0) is 0 Å². The van der Waals surface area contributed by atoms with E-state index in [1.165, 1.54) is 20.0 Å². The molecule has 4 rings (SSSR count). The van der Waals surface area contributed by atoms with Gasteiger partial charge in [-0.15, -0.1) is 0 Å². The number of aromatic amines is 1. The zero-order valence-electron chi connectivity index (χ0n) is 15.0. The lowest BCUT2D eigenvalue weighted by Gasteiger charge is -2.34. The predicted molar refractivity (Wildman–Crippen MR) is 98.1 cm³/mol. The van der Waals surface area contributed by atoms with Gasteiger partial charge in [0.1, 0.15) is 0 Å². The number of amides is 1. The highest BCUT2D eigenvalue weighted by Gasteiger charge is 2.55. The SMILES string of the molecule is C[C@@]1(O)CC[C@@H](Nc2c(C(N)=O)cnn3cc(-c4ccn[nH]4)cc23)[C@@]1(C)F. The summed E-state index contributed by atoms with van der Waals surface area (Å²) >= 11 is 0. The summed E-state index contributed by atoms with van der Waals surface area (Å²) in [5.41, 5.74) is 4.93. The van der Waals surface area contributed by atoms with Gasteiger partial charge in [0.05, 0.1) is 40.3 Å². The molecule has 142 valence electrons. The molecule has 3 heterocycles. The van der Waals surface area contributed by atoms with Gasteiger partial charge in [0.15, 0.2) is 5.67 Å². The van der Waals surface area contributed by atoms with Crippen molar-refractivity contribution in [3.05, 3.63) is 36.3 Å². The number of nitrogens with zero attached hydrogens (tertiary/aromatic N) is 3. The third-order valence-corrected chi connectivity index (χ3v) is 5.66. The molecule has 27 heavy (non-hydrogen) atoms. The van der Waals surface area contributed by atoms with Crippen LogP contribution >= 0.6 is 0 Å². The average Bonchev–Trinajstić information content (AvgIpc) is 3.29. The quantitative estimate of drug-likeness (QED) is 0.557. The minimum atomic E-state index is -1.87. The minimum Gasteiger partial charge on any atom is -0.387 e. The summed E-state index contributed by atoms with van der Waals surface area (Å²) in [5.74, 6) is -0.665. The monoisotopic (exact) mass is 372 g/mol. The molecule has 1 aliphatic rings. The second-order valence-electron chi connectivity index (χ2n) is 7.41. The van der Waals surface area contributed by atoms with Gasteiger partial charge in [-0.1, -0.05) is 0 Å². The number of H-pyrrole nitrogens is 1. The van der Waals surface area contributed by atoms with Crippen LogP contribution in [0.4, 0.5) is 10.1 Å². The van der Waals surface area contributed by atoms with Crippen LogP contribution in [-0.4, -0.2) is 48.1 Å². The smallest absolute Gasteiger partial charge is 0.252 e. The van der Waals surface area contributed by atoms with Crippen molar-refractivity contribution in [3.8, 4) is 11.3 Å². The largest absolute Gasteiger partial charge is 0.387 e. The van der Waals surface area contributed by atoms with E-state index in [1.54, 1.807) is 16.9 Å². The minimum absolute atomic E-state index is 0.166. The van der Waals surface area contributed by atoms with Crippen molar-refractivity contribution in [3.63, 3.8) is 0 Å². The molecule has 1 fully saturated rings. The highest BCUT2D eigenvalue weighted by Crippen LogP contribution is 2.44. The third-order valence-electron chi connectivity index (χ3n) is 5.66. The summed E-state index contributed by atoms with van der Waals surface area (Å²) in [5, 5.41) is 24.5. The van der Waals surface area contributed by atoms with E-state index in [2.05, 4.69) is 20.6 Å². The summed E-state index contributed by atoms with van der Waals surface area (Å²) < 4.78 is 16.8. The van der Waals surface area contributed by atoms with Crippen LogP contribution < -0.4 is 11.1 Å². The fourth-order valence-electron chi connectivity index (χ4n) is 3.66. The molecule has 0 unspecified atom stereocenters. The first-order valence-electron chi connectivity index (χ1n) is 8.69. The van der Waals surface area contributed by atoms with Crippen molar-refractivity contribution in [1.82, 2.24) is 19.8 Å². The molecule has 0 aromatic carbocycles. The summed E-state index contributed by atoms with van der Waals surface area (Å²) in [7, 11) is 0. The van der Waals surface area contributed by atoms with Crippen LogP contribution in [0.25, 0.3) is 16.8 Å². The molecule has 1 aliphatic carbocycles. The number of carbonyl (C=O) groups is 1. The molecule has 0 radical (unpaired) electrons. The van der Waals surface area contributed by atoms with Gasteiger partial charge in [0.25, 0.3) is 5.91 Å². The lowest BCUT2D eigenvalue weighted by molar-refractivity contribution is -0.0598. The Kier molecular flexibility index (Phi) is 3.74. The number of anilines is 1. The number of aliphatic hydroxyl groups is 1. The van der Waals surface area contributed by atoms with Crippen LogP contribution in [0.2, 0.25) is 0 Å². The number of primary amides is 1. The van der Waals surface area contributed by atoms with Gasteiger partial charge in [-0.25, -0.2) is 8.91 Å². The van der Waals surface area contributed by atoms with Gasteiger partial charge in [-0.3, -0.25) is 9.89 Å². The Morgan fingerprint density at radius 1 is 1.52 bits per heavy atom. The zero-order valence-corrected chi connectivity index (χ0v) is 15.0. The maximum Gasteiger partial charge on any atom is 0.252 e. The Morgan fingerprint density at radius 2 is 2.30 bits per heavy atom. The number of nitrogens with one attached hydrogen (secondary N) is 2. The topological polar surface area (TPSA) is 121 Å². The summed E-state index contributed by atoms with van der Waals surface area (Å²) in [4.78, 5) is 11.9. The van der Waals surface area contributed by atoms with Gasteiger partial charge in [-0.2, -0.15) is 10.2 Å². The molecular weight excluding hydrogens is 351 g/mol. The van der Waals surface area contributed by atoms with Crippen molar-refractivity contribution in [2.45, 2.75) is 44.0 Å². The van der Waals surface area contributed by atoms with Crippen LogP contribution in [0.15, 0.2) is 30.7 Å². The van der Waals surface area contributed by atoms with Crippen molar-refractivity contribution < 1.29 is 14.3 Å². The van der Waals surface area contributed by atoms with E-state index in [4.69, 9.17) is 5.73 Å². The molecule has 0 saturated heterocycles. The first kappa shape index (κ1) is 17.5. The lowest BCUT2D eigenvalue weighted by atomic mass is 9.89. The highest BCUT2D eigenvalue weighted by molar-refractivity contribution is 6.02. The highest BCUT2D eigenvalue weighted by atomic mass is 19.1. The van der Waals surface area contributed by atoms with Crippen molar-refractivity contribution in [1.29, 1.82) is 0 Å². The van der Waals surface area contributed by atoms with Gasteiger partial charge >= 0.3 is 0 Å². The van der Waals surface area contributed by atoms with Crippen molar-refractivity contribution in [2.24, 2.45) is 5.73 Å². The molecule has 0 bridgehead atoms. The second kappa shape index (κ2) is 5.78. The number of fused-ring (bicyclic) bond motifs is 1. The maximum atomic E-state index is 15.2. The van der Waals surface area contributed by atoms with Crippen molar-refractivity contribution >= 4 is 17.1 Å². The number of carbonyl (C=O) groups excluding carboxylic acids is 1. The molecule has 1 amide bonds. The number of rotatable bonds is 4. The molecular formula is C18H21FN6O2. The van der Waals surface area contributed by atoms with Gasteiger partial charge < -0.3 is 16.2 Å². The standard InChI is InChI=1S/C18H21FN6O2/c1-17(27)5-3-14(18(17,2)19)23-15-11(16(20)26)8-22-25-9-10(7-13(15)25)12-4-6-21-24-12/h4,6-9,14,23,27H,3,5H2,1-2H3,(H2,20,26)(H,21,24)/t14-,17-,18-/m1/s1. The third kappa shape index (κ3) is 2.66. The first-order valence-corrected chi connectivity index (χ1v) is 8.69. The zero-order chi connectivity index (χ0) is 19.4. The van der Waals surface area contributed by atoms with Gasteiger partial charge in [0, 0.05) is 18.0 Å². The molecule has 0 spiro atoms. The van der Waals surface area contributed by atoms with E-state index in [0.29, 0.717) is 24.0 Å². The number of aromatic nitrogens is 4. The number of halogens is 1. The Morgan fingerprint density at radius 3 is 2.89 bits per heavy atom. The second-order valence-corrected chi connectivity index (χ2v) is 7.41. The molecule has 8 nitrogen and oxygen atoms in total. The summed E-state index contributed by atoms with van der Waals surface area (Å²) in [6, 6.07) is 2.95.